The molecule has 228 valence electrons. The van der Waals surface area contributed by atoms with Gasteiger partial charge in [-0.1, -0.05) is 29.3 Å². The van der Waals surface area contributed by atoms with E-state index in [4.69, 9.17) is 52.1 Å². The van der Waals surface area contributed by atoms with E-state index >= 15 is 0 Å². The summed E-state index contributed by atoms with van der Waals surface area (Å²) in [6, 6.07) is 3.28. The Morgan fingerprint density at radius 1 is 1.12 bits per heavy atom. The van der Waals surface area contributed by atoms with Gasteiger partial charge in [0.05, 0.1) is 55.3 Å². The van der Waals surface area contributed by atoms with Crippen molar-refractivity contribution in [1.82, 2.24) is 20.3 Å². The fourth-order valence-electron chi connectivity index (χ4n) is 5.27. The fraction of sp³-hybridized carbons (Fsp3) is 0.414. The van der Waals surface area contributed by atoms with Crippen LogP contribution in [0.15, 0.2) is 30.5 Å². The highest BCUT2D eigenvalue weighted by Crippen LogP contribution is 2.46. The van der Waals surface area contributed by atoms with Crippen molar-refractivity contribution in [3.63, 3.8) is 0 Å². The molecule has 2 N–H and O–H groups in total. The molecule has 14 heteroatoms. The number of aromatic nitrogens is 3. The molecule has 3 aromatic rings. The van der Waals surface area contributed by atoms with Crippen molar-refractivity contribution in [2.24, 2.45) is 5.92 Å². The van der Waals surface area contributed by atoms with E-state index in [1.54, 1.807) is 25.4 Å². The fourth-order valence-corrected chi connectivity index (χ4v) is 5.96. The van der Waals surface area contributed by atoms with E-state index < -0.39 is 5.91 Å². The molecular weight excluding hydrogens is 599 g/mol. The van der Waals surface area contributed by atoms with Crippen LogP contribution in [0.1, 0.15) is 12.8 Å². The third kappa shape index (κ3) is 6.62. The Morgan fingerprint density at radius 2 is 1.88 bits per heavy atom. The smallest absolute Gasteiger partial charge is 0.250 e. The summed E-state index contributed by atoms with van der Waals surface area (Å²) in [6.07, 6.45) is 6.99. The summed E-state index contributed by atoms with van der Waals surface area (Å²) >= 11 is 13.5. The van der Waals surface area contributed by atoms with Crippen LogP contribution in [0.2, 0.25) is 10.0 Å². The number of carbonyl (C=O) groups excluding carboxylic acids is 2. The summed E-state index contributed by atoms with van der Waals surface area (Å²) in [7, 11) is 4.75. The van der Waals surface area contributed by atoms with Crippen LogP contribution in [0.25, 0.3) is 22.2 Å². The van der Waals surface area contributed by atoms with Crippen LogP contribution < -0.4 is 25.0 Å². The second kappa shape index (κ2) is 13.7. The number of benzene rings is 1. The van der Waals surface area contributed by atoms with Gasteiger partial charge in [0.25, 0.3) is 0 Å². The molecule has 5 rings (SSSR count). The number of halogens is 2. The van der Waals surface area contributed by atoms with Crippen LogP contribution in [0.3, 0.4) is 0 Å². The molecule has 12 nitrogen and oxygen atoms in total. The lowest BCUT2D eigenvalue weighted by Gasteiger charge is -2.33. The van der Waals surface area contributed by atoms with Gasteiger partial charge in [0, 0.05) is 49.3 Å². The molecule has 0 bridgehead atoms. The first kappa shape index (κ1) is 30.7. The Hall–Kier alpha value is -3.71. The third-order valence-electron chi connectivity index (χ3n) is 7.52. The predicted octanol–water partition coefficient (Wildman–Crippen LogP) is 3.89. The van der Waals surface area contributed by atoms with E-state index in [9.17, 15) is 9.59 Å². The molecule has 0 aliphatic carbocycles. The van der Waals surface area contributed by atoms with Crippen molar-refractivity contribution in [3.05, 3.63) is 40.5 Å². The van der Waals surface area contributed by atoms with E-state index in [1.807, 2.05) is 6.07 Å². The van der Waals surface area contributed by atoms with Gasteiger partial charge in [-0.2, -0.15) is 0 Å². The maximum absolute atomic E-state index is 11.7. The highest BCUT2D eigenvalue weighted by molar-refractivity contribution is 6.41. The quantitative estimate of drug-likeness (QED) is 0.249. The lowest BCUT2D eigenvalue weighted by atomic mass is 10.0. The third-order valence-corrected chi connectivity index (χ3v) is 8.27. The van der Waals surface area contributed by atoms with Crippen molar-refractivity contribution >= 4 is 58.2 Å². The molecule has 4 heterocycles. The topological polar surface area (TPSA) is 137 Å². The second-order valence-electron chi connectivity index (χ2n) is 10.1. The number of methoxy groups -OCH3 is 3. The van der Waals surface area contributed by atoms with Crippen molar-refractivity contribution in [3.8, 4) is 22.8 Å². The monoisotopic (exact) mass is 630 g/mol. The summed E-state index contributed by atoms with van der Waals surface area (Å²) in [5.74, 6) is 1.20. The molecule has 2 aliphatic heterocycles. The molecule has 3 atom stereocenters. The number of carbonyl (C=O) groups is 2. The van der Waals surface area contributed by atoms with E-state index in [0.717, 1.165) is 24.8 Å². The number of nitrogens with one attached hydrogen (secondary N) is 2. The molecule has 43 heavy (non-hydrogen) atoms. The van der Waals surface area contributed by atoms with E-state index in [0.29, 0.717) is 76.3 Å². The Kier molecular flexibility index (Phi) is 9.81. The zero-order valence-electron chi connectivity index (χ0n) is 23.9. The first-order valence-corrected chi connectivity index (χ1v) is 14.4. The zero-order chi connectivity index (χ0) is 30.5. The lowest BCUT2D eigenvalue weighted by molar-refractivity contribution is -0.121. The Morgan fingerprint density at radius 3 is 2.58 bits per heavy atom. The van der Waals surface area contributed by atoms with Crippen LogP contribution in [0.4, 0.5) is 11.8 Å². The normalized spacial score (nSPS) is 20.4. The number of rotatable bonds is 10. The summed E-state index contributed by atoms with van der Waals surface area (Å²) < 4.78 is 22.3. The average Bonchev–Trinajstić information content (AvgIpc) is 3.46. The van der Waals surface area contributed by atoms with Crippen molar-refractivity contribution in [1.29, 1.82) is 0 Å². The number of anilines is 2. The SMILES string of the molecule is COc1cc(OC)c(Cl)c(-c2cc3cnc(N[C@@H]4COC[C@@H]4C=CC(=O)NC=O)nc3c(N3CCCC(OC)C3)n2)c1Cl. The summed E-state index contributed by atoms with van der Waals surface area (Å²) in [6.45, 7) is 2.19. The first-order valence-electron chi connectivity index (χ1n) is 13.7. The maximum atomic E-state index is 11.7. The predicted molar refractivity (Wildman–Crippen MR) is 163 cm³/mol. The number of imide groups is 1. The van der Waals surface area contributed by atoms with Crippen LogP contribution in [-0.4, -0.2) is 87.0 Å². The lowest BCUT2D eigenvalue weighted by Crippen LogP contribution is -2.40. The highest BCUT2D eigenvalue weighted by atomic mass is 35.5. The number of nitrogens with zero attached hydrogens (tertiary/aromatic N) is 4. The molecule has 2 fully saturated rings. The number of piperidine rings is 1. The van der Waals surface area contributed by atoms with E-state index in [1.165, 1.54) is 20.3 Å². The van der Waals surface area contributed by atoms with Gasteiger partial charge in [0.15, 0.2) is 5.82 Å². The van der Waals surface area contributed by atoms with Gasteiger partial charge in [0.2, 0.25) is 18.3 Å². The van der Waals surface area contributed by atoms with Crippen LogP contribution in [0.5, 0.6) is 11.5 Å². The van der Waals surface area contributed by atoms with Gasteiger partial charge in [-0.05, 0) is 25.0 Å². The number of hydrogen-bond donors (Lipinski definition) is 2. The summed E-state index contributed by atoms with van der Waals surface area (Å²) in [5.41, 5.74) is 1.62. The van der Waals surface area contributed by atoms with Gasteiger partial charge in [-0.15, -0.1) is 0 Å². The molecule has 2 aliphatic rings. The Balaban J connectivity index is 1.57. The minimum atomic E-state index is -0.501. The Bertz CT molecular complexity index is 1510. The van der Waals surface area contributed by atoms with Crippen LogP contribution >= 0.6 is 23.2 Å². The second-order valence-corrected chi connectivity index (χ2v) is 10.9. The molecule has 1 unspecified atom stereocenters. The number of pyridine rings is 1. The van der Waals surface area contributed by atoms with Crippen LogP contribution in [0, 0.1) is 5.92 Å². The average molecular weight is 632 g/mol. The first-order chi connectivity index (χ1) is 20.9. The minimum Gasteiger partial charge on any atom is -0.495 e. The van der Waals surface area contributed by atoms with Gasteiger partial charge < -0.3 is 29.2 Å². The molecule has 1 aromatic carbocycles. The number of hydrogen-bond acceptors (Lipinski definition) is 11. The van der Waals surface area contributed by atoms with Crippen molar-refractivity contribution in [2.75, 3.05) is 57.8 Å². The summed E-state index contributed by atoms with van der Waals surface area (Å²) in [4.78, 5) is 38.9. The zero-order valence-corrected chi connectivity index (χ0v) is 25.4. The molecule has 0 radical (unpaired) electrons. The standard InChI is InChI=1S/C29H32Cl2N6O6/c1-40-18-5-4-8-37(12-18)28-27-17(9-19(34-28)24-25(30)21(41-2)10-22(42-3)26(24)31)11-32-29(36-27)35-20-14-43-13-16(20)6-7-23(39)33-15-38/h6-7,9-11,15-16,18,20H,4-5,8,12-14H2,1-3H3,(H,32,35,36)(H,33,38,39)/t16-,18?,20+/m0/s1. The molecule has 2 amide bonds. The van der Waals surface area contributed by atoms with E-state index in [-0.39, 0.29) is 18.1 Å². The van der Waals surface area contributed by atoms with E-state index in [2.05, 4.69) is 20.5 Å². The summed E-state index contributed by atoms with van der Waals surface area (Å²) in [5, 5.41) is 6.77. The van der Waals surface area contributed by atoms with Gasteiger partial charge in [-0.3, -0.25) is 14.9 Å². The van der Waals surface area contributed by atoms with Gasteiger partial charge in [0.1, 0.15) is 17.0 Å². The minimum absolute atomic E-state index is 0.0392. The number of ether oxygens (including phenoxy) is 4. The highest BCUT2D eigenvalue weighted by Gasteiger charge is 2.29. The van der Waals surface area contributed by atoms with Crippen LogP contribution in [-0.2, 0) is 19.1 Å². The largest absolute Gasteiger partial charge is 0.495 e. The number of amides is 2. The molecular formula is C29H32Cl2N6O6. The van der Waals surface area contributed by atoms with Crippen molar-refractivity contribution in [2.45, 2.75) is 25.0 Å². The van der Waals surface area contributed by atoms with Gasteiger partial charge in [-0.25, -0.2) is 15.0 Å². The molecule has 0 spiro atoms. The maximum Gasteiger partial charge on any atom is 0.250 e. The molecule has 2 aromatic heterocycles. The van der Waals surface area contributed by atoms with Gasteiger partial charge >= 0.3 is 0 Å². The van der Waals surface area contributed by atoms with Crippen molar-refractivity contribution < 1.29 is 28.5 Å². The number of fused-ring (bicyclic) bond motifs is 1. The molecule has 2 saturated heterocycles. The Labute approximate surface area is 258 Å². The molecule has 0 saturated carbocycles.